The number of hydrogen-bond acceptors (Lipinski definition) is 7. The fraction of sp³-hybridized carbons (Fsp3) is 0.368. The van der Waals surface area contributed by atoms with Crippen molar-refractivity contribution in [2.75, 3.05) is 11.9 Å². The lowest BCUT2D eigenvalue weighted by Crippen LogP contribution is -2.31. The van der Waals surface area contributed by atoms with E-state index in [2.05, 4.69) is 15.4 Å². The summed E-state index contributed by atoms with van der Waals surface area (Å²) >= 11 is 1.51. The minimum Gasteiger partial charge on any atom is -0.451 e. The molecule has 0 unspecified atom stereocenters. The van der Waals surface area contributed by atoms with E-state index in [9.17, 15) is 9.59 Å². The van der Waals surface area contributed by atoms with Gasteiger partial charge >= 0.3 is 5.97 Å². The number of nitrogens with one attached hydrogen (secondary N) is 1. The predicted molar refractivity (Wildman–Crippen MR) is 106 cm³/mol. The van der Waals surface area contributed by atoms with Crippen LogP contribution in [0.3, 0.4) is 0 Å². The van der Waals surface area contributed by atoms with Crippen molar-refractivity contribution in [1.29, 1.82) is 0 Å². The molecule has 8 nitrogen and oxygen atoms in total. The Morgan fingerprint density at radius 1 is 1.29 bits per heavy atom. The summed E-state index contributed by atoms with van der Waals surface area (Å²) in [5.74, 6) is -1.03. The lowest BCUT2D eigenvalue weighted by Gasteiger charge is -2.13. The van der Waals surface area contributed by atoms with E-state index >= 15 is 0 Å². The molecular formula is C19H22N4O4S. The van der Waals surface area contributed by atoms with Gasteiger partial charge in [0, 0.05) is 7.05 Å². The third-order valence-electron chi connectivity index (χ3n) is 4.22. The van der Waals surface area contributed by atoms with Crippen LogP contribution in [0.4, 0.5) is 5.69 Å². The molecule has 0 aliphatic heterocycles. The number of esters is 1. The van der Waals surface area contributed by atoms with E-state index in [1.54, 1.807) is 18.7 Å². The lowest BCUT2D eigenvalue weighted by atomic mass is 10.3. The van der Waals surface area contributed by atoms with Crippen molar-refractivity contribution in [3.05, 3.63) is 40.7 Å². The van der Waals surface area contributed by atoms with Crippen molar-refractivity contribution < 1.29 is 19.1 Å². The quantitative estimate of drug-likeness (QED) is 0.611. The topological polar surface area (TPSA) is 95.3 Å². The predicted octanol–water partition coefficient (Wildman–Crippen LogP) is 2.73. The third-order valence-corrected chi connectivity index (χ3v) is 5.23. The number of nitrogens with zero attached hydrogens (tertiary/aromatic N) is 3. The van der Waals surface area contributed by atoms with Crippen LogP contribution in [0.25, 0.3) is 10.2 Å². The van der Waals surface area contributed by atoms with E-state index in [1.807, 2.05) is 31.2 Å². The van der Waals surface area contributed by atoms with Crippen LogP contribution >= 0.6 is 11.3 Å². The number of aryl methyl sites for hydroxylation is 2. The molecule has 9 heteroatoms. The standard InChI is InChI=1S/C19H22N4O4S/c1-11-18(12(2)23(4)22-11)21-19(25)13(3)27-17(24)10-26-9-16-20-14-7-5-6-8-15(14)28-16/h5-8,13H,9-10H2,1-4H3,(H,21,25)/t13-/m0/s1. The summed E-state index contributed by atoms with van der Waals surface area (Å²) in [4.78, 5) is 28.7. The fourth-order valence-electron chi connectivity index (χ4n) is 2.67. The van der Waals surface area contributed by atoms with Gasteiger partial charge in [0.25, 0.3) is 5.91 Å². The van der Waals surface area contributed by atoms with Gasteiger partial charge in [-0.2, -0.15) is 5.10 Å². The van der Waals surface area contributed by atoms with Gasteiger partial charge in [0.05, 0.1) is 33.9 Å². The molecule has 28 heavy (non-hydrogen) atoms. The Morgan fingerprint density at radius 2 is 2.04 bits per heavy atom. The highest BCUT2D eigenvalue weighted by Gasteiger charge is 2.21. The van der Waals surface area contributed by atoms with Gasteiger partial charge < -0.3 is 14.8 Å². The Balaban J connectivity index is 1.46. The van der Waals surface area contributed by atoms with E-state index in [1.165, 1.54) is 18.3 Å². The first-order valence-corrected chi connectivity index (χ1v) is 9.59. The van der Waals surface area contributed by atoms with Gasteiger partial charge in [-0.25, -0.2) is 9.78 Å². The first kappa shape index (κ1) is 20.0. The first-order chi connectivity index (χ1) is 13.3. The Hall–Kier alpha value is -2.78. The van der Waals surface area contributed by atoms with Crippen molar-refractivity contribution in [2.45, 2.75) is 33.5 Å². The van der Waals surface area contributed by atoms with Gasteiger partial charge in [-0.1, -0.05) is 12.1 Å². The number of hydrogen-bond donors (Lipinski definition) is 1. The molecule has 1 atom stereocenters. The molecule has 0 saturated heterocycles. The molecule has 148 valence electrons. The maximum atomic E-state index is 12.3. The Morgan fingerprint density at radius 3 is 2.71 bits per heavy atom. The molecule has 0 aliphatic carbocycles. The molecule has 1 amide bonds. The van der Waals surface area contributed by atoms with Gasteiger partial charge in [0.1, 0.15) is 11.6 Å². The number of rotatable bonds is 7. The van der Waals surface area contributed by atoms with Crippen molar-refractivity contribution >= 4 is 39.1 Å². The molecule has 0 bridgehead atoms. The summed E-state index contributed by atoms with van der Waals surface area (Å²) in [6, 6.07) is 7.78. The first-order valence-electron chi connectivity index (χ1n) is 8.78. The number of benzene rings is 1. The molecule has 0 saturated carbocycles. The minimum atomic E-state index is -0.947. The molecule has 0 radical (unpaired) electrons. The Kier molecular flexibility index (Phi) is 6.05. The highest BCUT2D eigenvalue weighted by atomic mass is 32.1. The van der Waals surface area contributed by atoms with Gasteiger partial charge in [0.15, 0.2) is 6.10 Å². The zero-order valence-electron chi connectivity index (χ0n) is 16.2. The van der Waals surface area contributed by atoms with E-state index in [0.717, 1.165) is 20.9 Å². The maximum absolute atomic E-state index is 12.3. The number of thiazole rings is 1. The summed E-state index contributed by atoms with van der Waals surface area (Å²) in [6.07, 6.45) is -0.947. The zero-order chi connectivity index (χ0) is 20.3. The van der Waals surface area contributed by atoms with E-state index < -0.39 is 18.0 Å². The van der Waals surface area contributed by atoms with Crippen molar-refractivity contribution in [3.63, 3.8) is 0 Å². The maximum Gasteiger partial charge on any atom is 0.332 e. The SMILES string of the molecule is Cc1nn(C)c(C)c1NC(=O)[C@H](C)OC(=O)COCc1nc2ccccc2s1. The van der Waals surface area contributed by atoms with Crippen LogP contribution in [-0.4, -0.2) is 39.4 Å². The van der Waals surface area contributed by atoms with Crippen LogP contribution in [0.2, 0.25) is 0 Å². The molecule has 3 rings (SSSR count). The van der Waals surface area contributed by atoms with E-state index in [-0.39, 0.29) is 13.2 Å². The molecular weight excluding hydrogens is 380 g/mol. The summed E-state index contributed by atoms with van der Waals surface area (Å²) in [7, 11) is 1.80. The summed E-state index contributed by atoms with van der Waals surface area (Å²) in [5, 5.41) is 7.77. The van der Waals surface area contributed by atoms with E-state index in [0.29, 0.717) is 11.4 Å². The summed E-state index contributed by atoms with van der Waals surface area (Å²) < 4.78 is 13.3. The molecule has 0 aliphatic rings. The smallest absolute Gasteiger partial charge is 0.332 e. The molecule has 0 fully saturated rings. The monoisotopic (exact) mass is 402 g/mol. The number of aromatic nitrogens is 3. The number of anilines is 1. The largest absolute Gasteiger partial charge is 0.451 e. The van der Waals surface area contributed by atoms with Crippen LogP contribution < -0.4 is 5.32 Å². The van der Waals surface area contributed by atoms with Crippen molar-refractivity contribution in [3.8, 4) is 0 Å². The third kappa shape index (κ3) is 4.55. The van der Waals surface area contributed by atoms with Crippen LogP contribution in [0.1, 0.15) is 23.3 Å². The lowest BCUT2D eigenvalue weighted by molar-refractivity contribution is -0.157. The molecule has 2 heterocycles. The highest BCUT2D eigenvalue weighted by molar-refractivity contribution is 7.18. The molecule has 3 aromatic rings. The van der Waals surface area contributed by atoms with Gasteiger partial charge in [0.2, 0.25) is 0 Å². The summed E-state index contributed by atoms with van der Waals surface area (Å²) in [6.45, 7) is 5.13. The highest BCUT2D eigenvalue weighted by Crippen LogP contribution is 2.22. The van der Waals surface area contributed by atoms with Gasteiger partial charge in [-0.15, -0.1) is 11.3 Å². The average Bonchev–Trinajstić information content (AvgIpc) is 3.17. The van der Waals surface area contributed by atoms with E-state index in [4.69, 9.17) is 9.47 Å². The van der Waals surface area contributed by atoms with Gasteiger partial charge in [-0.05, 0) is 32.9 Å². The molecule has 1 aromatic carbocycles. The fourth-order valence-corrected chi connectivity index (χ4v) is 3.57. The van der Waals surface area contributed by atoms with Crippen LogP contribution in [0, 0.1) is 13.8 Å². The molecule has 1 N–H and O–H groups in total. The van der Waals surface area contributed by atoms with Crippen molar-refractivity contribution in [2.24, 2.45) is 7.05 Å². The van der Waals surface area contributed by atoms with Gasteiger partial charge in [-0.3, -0.25) is 9.48 Å². The van der Waals surface area contributed by atoms with Crippen molar-refractivity contribution in [1.82, 2.24) is 14.8 Å². The van der Waals surface area contributed by atoms with Crippen LogP contribution in [0.5, 0.6) is 0 Å². The van der Waals surface area contributed by atoms with Crippen LogP contribution in [0.15, 0.2) is 24.3 Å². The Labute approximate surface area is 166 Å². The average molecular weight is 402 g/mol. The summed E-state index contributed by atoms with van der Waals surface area (Å²) in [5.41, 5.74) is 3.05. The number of ether oxygens (including phenoxy) is 2. The zero-order valence-corrected chi connectivity index (χ0v) is 17.0. The van der Waals surface area contributed by atoms with Crippen LogP contribution in [-0.2, 0) is 32.7 Å². The molecule has 2 aromatic heterocycles. The number of amides is 1. The second-order valence-electron chi connectivity index (χ2n) is 6.36. The molecule has 0 spiro atoms. The second kappa shape index (κ2) is 8.49. The number of para-hydroxylation sites is 1. The Bertz CT molecular complexity index is 978. The normalized spacial score (nSPS) is 12.1. The minimum absolute atomic E-state index is 0.211. The number of fused-ring (bicyclic) bond motifs is 1. The number of carbonyl (C=O) groups excluding carboxylic acids is 2. The second-order valence-corrected chi connectivity index (χ2v) is 7.47. The number of carbonyl (C=O) groups is 2.